The third kappa shape index (κ3) is 3.55. The van der Waals surface area contributed by atoms with E-state index in [4.69, 9.17) is 23.7 Å². The zero-order valence-electron chi connectivity index (χ0n) is 15.9. The highest BCUT2D eigenvalue weighted by Crippen LogP contribution is 2.44. The molecule has 1 unspecified atom stereocenters. The molecule has 2 heterocycles. The number of hydrogen-bond donors (Lipinski definition) is 0. The molecule has 0 amide bonds. The van der Waals surface area contributed by atoms with Gasteiger partial charge in [-0.05, 0) is 6.07 Å². The van der Waals surface area contributed by atoms with Gasteiger partial charge in [0, 0.05) is 13.1 Å². The maximum Gasteiger partial charge on any atom is 0.312 e. The quantitative estimate of drug-likeness (QED) is 0.714. The van der Waals surface area contributed by atoms with Gasteiger partial charge < -0.3 is 28.6 Å². The van der Waals surface area contributed by atoms with Crippen molar-refractivity contribution < 1.29 is 28.5 Å². The average Bonchev–Trinajstić information content (AvgIpc) is 2.97. The Morgan fingerprint density at radius 3 is 2.59 bits per heavy atom. The molecule has 1 fully saturated rings. The number of carbonyl (C=O) groups excluding carboxylic acids is 1. The van der Waals surface area contributed by atoms with Crippen LogP contribution in [0.2, 0.25) is 0 Å². The van der Waals surface area contributed by atoms with E-state index in [2.05, 4.69) is 9.97 Å². The van der Waals surface area contributed by atoms with Gasteiger partial charge in [0.05, 0.1) is 53.0 Å². The second-order valence-corrected chi connectivity index (χ2v) is 5.98. The first-order valence-electron chi connectivity index (χ1n) is 8.48. The van der Waals surface area contributed by atoms with E-state index in [0.29, 0.717) is 54.9 Å². The summed E-state index contributed by atoms with van der Waals surface area (Å²) in [6.45, 7) is 1.79. The molecule has 0 radical (unpaired) electrons. The molecule has 0 bridgehead atoms. The lowest BCUT2D eigenvalue weighted by molar-refractivity contribution is -0.146. The van der Waals surface area contributed by atoms with Crippen LogP contribution in [0, 0.1) is 5.92 Å². The first-order valence-corrected chi connectivity index (χ1v) is 8.48. The fourth-order valence-electron chi connectivity index (χ4n) is 3.21. The highest BCUT2D eigenvalue weighted by Gasteiger charge is 2.28. The molecular formula is C18H23N3O6. The van der Waals surface area contributed by atoms with Crippen LogP contribution in [-0.4, -0.2) is 70.7 Å². The van der Waals surface area contributed by atoms with E-state index in [0.717, 1.165) is 5.39 Å². The predicted octanol–water partition coefficient (Wildman–Crippen LogP) is 1.28. The molecule has 1 aliphatic heterocycles. The van der Waals surface area contributed by atoms with Crippen molar-refractivity contribution in [3.8, 4) is 17.2 Å². The first kappa shape index (κ1) is 19.0. The summed E-state index contributed by atoms with van der Waals surface area (Å²) in [5.41, 5.74) is 0.597. The molecule has 146 valence electrons. The van der Waals surface area contributed by atoms with Gasteiger partial charge in [-0.15, -0.1) is 0 Å². The van der Waals surface area contributed by atoms with E-state index >= 15 is 0 Å². The summed E-state index contributed by atoms with van der Waals surface area (Å²) in [6, 6.07) is 1.81. The van der Waals surface area contributed by atoms with E-state index in [1.54, 1.807) is 21.3 Å². The van der Waals surface area contributed by atoms with Gasteiger partial charge in [-0.1, -0.05) is 0 Å². The van der Waals surface area contributed by atoms with Crippen LogP contribution < -0.4 is 19.1 Å². The maximum atomic E-state index is 12.0. The number of methoxy groups -OCH3 is 4. The molecule has 0 N–H and O–H groups in total. The van der Waals surface area contributed by atoms with Crippen molar-refractivity contribution in [2.45, 2.75) is 0 Å². The number of rotatable bonds is 5. The summed E-state index contributed by atoms with van der Waals surface area (Å²) in [5, 5.41) is 0.734. The molecule has 9 nitrogen and oxygen atoms in total. The molecule has 3 rings (SSSR count). The van der Waals surface area contributed by atoms with Crippen molar-refractivity contribution in [2.24, 2.45) is 5.92 Å². The fraction of sp³-hybridized carbons (Fsp3) is 0.500. The molecule has 1 saturated heterocycles. The lowest BCUT2D eigenvalue weighted by atomic mass is 10.1. The SMILES string of the molecule is COC(=O)C1COCCN(c2ncnc3c(OC)c(OC)c(OC)cc23)C1. The molecule has 0 saturated carbocycles. The number of esters is 1. The Hall–Kier alpha value is -2.81. The van der Waals surface area contributed by atoms with E-state index in [1.807, 2.05) is 11.0 Å². The number of benzene rings is 1. The Morgan fingerprint density at radius 2 is 1.93 bits per heavy atom. The molecule has 1 atom stereocenters. The monoisotopic (exact) mass is 377 g/mol. The van der Waals surface area contributed by atoms with E-state index in [1.165, 1.54) is 13.4 Å². The van der Waals surface area contributed by atoms with Crippen molar-refractivity contribution in [1.29, 1.82) is 0 Å². The second kappa shape index (κ2) is 8.26. The van der Waals surface area contributed by atoms with Gasteiger partial charge in [-0.3, -0.25) is 4.79 Å². The number of hydrogen-bond acceptors (Lipinski definition) is 9. The van der Waals surface area contributed by atoms with Crippen LogP contribution in [0.15, 0.2) is 12.4 Å². The molecule has 0 spiro atoms. The van der Waals surface area contributed by atoms with Crippen LogP contribution >= 0.6 is 0 Å². The molecule has 2 aromatic rings. The zero-order valence-corrected chi connectivity index (χ0v) is 15.9. The summed E-state index contributed by atoms with van der Waals surface area (Å²) < 4.78 is 26.9. The van der Waals surface area contributed by atoms with Gasteiger partial charge in [0.25, 0.3) is 0 Å². The third-order valence-electron chi connectivity index (χ3n) is 4.51. The minimum absolute atomic E-state index is 0.308. The van der Waals surface area contributed by atoms with Gasteiger partial charge >= 0.3 is 5.97 Å². The average molecular weight is 377 g/mol. The summed E-state index contributed by atoms with van der Waals surface area (Å²) in [6.07, 6.45) is 1.46. The van der Waals surface area contributed by atoms with Crippen molar-refractivity contribution in [2.75, 3.05) is 59.6 Å². The first-order chi connectivity index (χ1) is 13.1. The number of nitrogens with zero attached hydrogens (tertiary/aromatic N) is 3. The zero-order chi connectivity index (χ0) is 19.4. The third-order valence-corrected chi connectivity index (χ3v) is 4.51. The van der Waals surface area contributed by atoms with Gasteiger partial charge in [0.1, 0.15) is 17.7 Å². The minimum Gasteiger partial charge on any atom is -0.493 e. The summed E-state index contributed by atoms with van der Waals surface area (Å²) in [4.78, 5) is 22.8. The highest BCUT2D eigenvalue weighted by atomic mass is 16.5. The van der Waals surface area contributed by atoms with Crippen LogP contribution in [0.25, 0.3) is 10.9 Å². The van der Waals surface area contributed by atoms with Crippen molar-refractivity contribution in [1.82, 2.24) is 9.97 Å². The molecule has 1 aromatic heterocycles. The summed E-state index contributed by atoms with van der Waals surface area (Å²) in [7, 11) is 6.02. The van der Waals surface area contributed by atoms with Gasteiger partial charge in [0.2, 0.25) is 5.75 Å². The fourth-order valence-corrected chi connectivity index (χ4v) is 3.21. The molecular weight excluding hydrogens is 354 g/mol. The Balaban J connectivity index is 2.12. The summed E-state index contributed by atoms with van der Waals surface area (Å²) >= 11 is 0. The summed E-state index contributed by atoms with van der Waals surface area (Å²) in [5.74, 6) is 1.39. The van der Waals surface area contributed by atoms with Crippen molar-refractivity contribution in [3.63, 3.8) is 0 Å². The molecule has 27 heavy (non-hydrogen) atoms. The Morgan fingerprint density at radius 1 is 1.15 bits per heavy atom. The largest absolute Gasteiger partial charge is 0.493 e. The minimum atomic E-state index is -0.399. The topological polar surface area (TPSA) is 92.2 Å². The number of fused-ring (bicyclic) bond motifs is 1. The number of ether oxygens (including phenoxy) is 5. The Labute approximate surface area is 157 Å². The second-order valence-electron chi connectivity index (χ2n) is 5.98. The lowest BCUT2D eigenvalue weighted by Crippen LogP contribution is -2.34. The van der Waals surface area contributed by atoms with Gasteiger partial charge in [0.15, 0.2) is 11.5 Å². The van der Waals surface area contributed by atoms with Crippen LogP contribution in [-0.2, 0) is 14.3 Å². The maximum absolute atomic E-state index is 12.0. The predicted molar refractivity (Wildman–Crippen MR) is 97.7 cm³/mol. The van der Waals surface area contributed by atoms with E-state index < -0.39 is 5.92 Å². The van der Waals surface area contributed by atoms with Crippen molar-refractivity contribution in [3.05, 3.63) is 12.4 Å². The van der Waals surface area contributed by atoms with E-state index in [-0.39, 0.29) is 5.97 Å². The number of aromatic nitrogens is 2. The normalized spacial score (nSPS) is 17.3. The molecule has 1 aliphatic rings. The Kier molecular flexibility index (Phi) is 5.80. The number of carbonyl (C=O) groups is 1. The van der Waals surface area contributed by atoms with Crippen molar-refractivity contribution >= 4 is 22.7 Å². The van der Waals surface area contributed by atoms with Crippen LogP contribution in [0.5, 0.6) is 17.2 Å². The molecule has 1 aromatic carbocycles. The van der Waals surface area contributed by atoms with E-state index in [9.17, 15) is 4.79 Å². The highest BCUT2D eigenvalue weighted by molar-refractivity contribution is 5.97. The smallest absolute Gasteiger partial charge is 0.312 e. The van der Waals surface area contributed by atoms with Crippen LogP contribution in [0.4, 0.5) is 5.82 Å². The molecule has 9 heteroatoms. The van der Waals surface area contributed by atoms with Gasteiger partial charge in [-0.2, -0.15) is 0 Å². The van der Waals surface area contributed by atoms with Gasteiger partial charge in [-0.25, -0.2) is 9.97 Å². The van der Waals surface area contributed by atoms with Crippen LogP contribution in [0.1, 0.15) is 0 Å². The van der Waals surface area contributed by atoms with Crippen LogP contribution in [0.3, 0.4) is 0 Å². The number of anilines is 1. The standard InChI is InChI=1S/C18H23N3O6/c1-23-13-7-12-14(16(25-3)15(13)24-2)19-10-20-17(12)21-5-6-27-9-11(8-21)18(22)26-4/h7,10-11H,5-6,8-9H2,1-4H3. The Bertz CT molecular complexity index is 828. The lowest BCUT2D eigenvalue weighted by Gasteiger charge is -2.25. The molecule has 0 aliphatic carbocycles.